The van der Waals surface area contributed by atoms with Crippen LogP contribution in [0.25, 0.3) is 0 Å². The number of piperidine rings is 1. The van der Waals surface area contributed by atoms with Crippen LogP contribution in [0.2, 0.25) is 0 Å². The average molecular weight is 351 g/mol. The fourth-order valence-electron chi connectivity index (χ4n) is 3.58. The molecule has 1 N–H and O–H groups in total. The minimum Gasteiger partial charge on any atom is -0.367 e. The van der Waals surface area contributed by atoms with Gasteiger partial charge in [0.2, 0.25) is 0 Å². The van der Waals surface area contributed by atoms with Crippen molar-refractivity contribution in [2.24, 2.45) is 0 Å². The Labute approximate surface area is 156 Å². The highest BCUT2D eigenvalue weighted by Gasteiger charge is 2.23. The molecule has 1 heterocycles. The van der Waals surface area contributed by atoms with Crippen molar-refractivity contribution in [1.82, 2.24) is 10.2 Å². The van der Waals surface area contributed by atoms with E-state index in [1.54, 1.807) is 0 Å². The van der Waals surface area contributed by atoms with Gasteiger partial charge in [-0.1, -0.05) is 30.3 Å². The Morgan fingerprint density at radius 3 is 2.54 bits per heavy atom. The van der Waals surface area contributed by atoms with Crippen molar-refractivity contribution in [3.8, 4) is 0 Å². The maximum Gasteiger partial charge on any atom is 0.253 e. The van der Waals surface area contributed by atoms with Crippen molar-refractivity contribution in [2.45, 2.75) is 32.4 Å². The largest absolute Gasteiger partial charge is 0.367 e. The maximum atomic E-state index is 12.8. The average Bonchev–Trinajstić information content (AvgIpc) is 2.72. The number of hydrogen-bond donors (Lipinski definition) is 1. The quantitative estimate of drug-likeness (QED) is 0.865. The number of nitrogens with zero attached hydrogens (tertiary/aromatic N) is 2. The van der Waals surface area contributed by atoms with Gasteiger partial charge in [-0.15, -0.1) is 0 Å². The molecule has 1 amide bonds. The first-order valence-corrected chi connectivity index (χ1v) is 9.56. The Morgan fingerprint density at radius 2 is 1.88 bits per heavy atom. The van der Waals surface area contributed by atoms with Gasteiger partial charge < -0.3 is 15.1 Å². The fraction of sp³-hybridized carbons (Fsp3) is 0.409. The maximum absolute atomic E-state index is 12.8. The zero-order valence-electron chi connectivity index (χ0n) is 15.8. The predicted octanol–water partition coefficient (Wildman–Crippen LogP) is 3.54. The smallest absolute Gasteiger partial charge is 0.253 e. The van der Waals surface area contributed by atoms with Crippen molar-refractivity contribution < 1.29 is 4.79 Å². The first kappa shape index (κ1) is 18.5. The van der Waals surface area contributed by atoms with E-state index in [0.717, 1.165) is 50.3 Å². The molecule has 26 heavy (non-hydrogen) atoms. The highest BCUT2D eigenvalue weighted by Crippen LogP contribution is 2.20. The number of carbonyl (C=O) groups is 1. The van der Waals surface area contributed by atoms with E-state index in [0.29, 0.717) is 6.04 Å². The van der Waals surface area contributed by atoms with Gasteiger partial charge in [-0.25, -0.2) is 0 Å². The molecule has 3 rings (SSSR count). The van der Waals surface area contributed by atoms with Gasteiger partial charge in [0.05, 0.1) is 0 Å². The molecule has 1 fully saturated rings. The highest BCUT2D eigenvalue weighted by atomic mass is 16.2. The van der Waals surface area contributed by atoms with E-state index in [4.69, 9.17) is 0 Å². The van der Waals surface area contributed by atoms with Crippen molar-refractivity contribution in [3.63, 3.8) is 0 Å². The molecule has 1 aliphatic rings. The molecule has 2 aromatic carbocycles. The van der Waals surface area contributed by atoms with Crippen molar-refractivity contribution >= 4 is 11.6 Å². The lowest BCUT2D eigenvalue weighted by atomic mass is 10.0. The minimum atomic E-state index is 0.141. The van der Waals surface area contributed by atoms with E-state index in [-0.39, 0.29) is 5.91 Å². The second kappa shape index (κ2) is 8.86. The molecule has 1 aliphatic heterocycles. The first-order valence-electron chi connectivity index (χ1n) is 9.56. The number of nitrogens with one attached hydrogen (secondary N) is 1. The van der Waals surface area contributed by atoms with Crippen molar-refractivity contribution in [1.29, 1.82) is 0 Å². The Bertz CT molecular complexity index is 699. The molecule has 4 nitrogen and oxygen atoms in total. The van der Waals surface area contributed by atoms with Crippen molar-refractivity contribution in [2.75, 3.05) is 31.6 Å². The standard InChI is InChI=1S/C22H29N3O/c1-3-24(16-18-8-5-4-6-9-18)21-13-11-19(12-14-21)22(26)25-15-7-10-20(17-25)23-2/h4-6,8-9,11-14,20,23H,3,7,10,15-17H2,1-2H3. The van der Waals surface area contributed by atoms with Gasteiger partial charge in [-0.2, -0.15) is 0 Å². The van der Waals surface area contributed by atoms with E-state index in [9.17, 15) is 4.79 Å². The molecule has 0 radical (unpaired) electrons. The topological polar surface area (TPSA) is 35.6 Å². The molecule has 1 saturated heterocycles. The Hall–Kier alpha value is -2.33. The van der Waals surface area contributed by atoms with Crippen LogP contribution in [-0.2, 0) is 6.54 Å². The Morgan fingerprint density at radius 1 is 1.15 bits per heavy atom. The molecule has 0 saturated carbocycles. The summed E-state index contributed by atoms with van der Waals surface area (Å²) in [4.78, 5) is 17.1. The van der Waals surface area contributed by atoms with Gasteiger partial charge in [0.25, 0.3) is 5.91 Å². The van der Waals surface area contributed by atoms with Crippen LogP contribution in [0.5, 0.6) is 0 Å². The molecule has 0 aliphatic carbocycles. The minimum absolute atomic E-state index is 0.141. The molecular formula is C22H29N3O. The fourth-order valence-corrected chi connectivity index (χ4v) is 3.58. The Kier molecular flexibility index (Phi) is 6.29. The van der Waals surface area contributed by atoms with Crippen LogP contribution < -0.4 is 10.2 Å². The van der Waals surface area contributed by atoms with Gasteiger partial charge in [-0.3, -0.25) is 4.79 Å². The number of carbonyl (C=O) groups excluding carboxylic acids is 1. The molecule has 1 unspecified atom stereocenters. The summed E-state index contributed by atoms with van der Waals surface area (Å²) >= 11 is 0. The zero-order valence-corrected chi connectivity index (χ0v) is 15.8. The third kappa shape index (κ3) is 4.44. The van der Waals surface area contributed by atoms with Crippen LogP contribution in [0.15, 0.2) is 54.6 Å². The third-order valence-electron chi connectivity index (χ3n) is 5.19. The summed E-state index contributed by atoms with van der Waals surface area (Å²) in [5, 5.41) is 3.29. The molecule has 4 heteroatoms. The number of hydrogen-bond acceptors (Lipinski definition) is 3. The van der Waals surface area contributed by atoms with Gasteiger partial charge in [0, 0.05) is 43.5 Å². The van der Waals surface area contributed by atoms with Crippen LogP contribution in [0.3, 0.4) is 0 Å². The SMILES string of the molecule is CCN(Cc1ccccc1)c1ccc(C(=O)N2CCCC(NC)C2)cc1. The lowest BCUT2D eigenvalue weighted by Crippen LogP contribution is -2.46. The number of benzene rings is 2. The van der Waals surface area contributed by atoms with E-state index in [1.165, 1.54) is 5.56 Å². The summed E-state index contributed by atoms with van der Waals surface area (Å²) < 4.78 is 0. The molecule has 0 spiro atoms. The van der Waals surface area contributed by atoms with Crippen LogP contribution in [0.1, 0.15) is 35.7 Å². The van der Waals surface area contributed by atoms with Gasteiger partial charge in [-0.05, 0) is 56.6 Å². The Balaban J connectivity index is 1.68. The lowest BCUT2D eigenvalue weighted by Gasteiger charge is -2.32. The summed E-state index contributed by atoms with van der Waals surface area (Å²) in [6.45, 7) is 5.62. The van der Waals surface area contributed by atoms with Gasteiger partial charge >= 0.3 is 0 Å². The lowest BCUT2D eigenvalue weighted by molar-refractivity contribution is 0.0698. The predicted molar refractivity (Wildman–Crippen MR) is 108 cm³/mol. The zero-order chi connectivity index (χ0) is 18.4. The number of rotatable bonds is 6. The molecule has 138 valence electrons. The second-order valence-corrected chi connectivity index (χ2v) is 6.93. The van der Waals surface area contributed by atoms with Crippen LogP contribution in [0.4, 0.5) is 5.69 Å². The summed E-state index contributed by atoms with van der Waals surface area (Å²) in [6.07, 6.45) is 2.21. The molecular weight excluding hydrogens is 322 g/mol. The van der Waals surface area contributed by atoms with Gasteiger partial charge in [0.15, 0.2) is 0 Å². The summed E-state index contributed by atoms with van der Waals surface area (Å²) in [7, 11) is 1.97. The normalized spacial score (nSPS) is 17.2. The second-order valence-electron chi connectivity index (χ2n) is 6.93. The molecule has 0 bridgehead atoms. The van der Waals surface area contributed by atoms with Crippen LogP contribution in [0, 0.1) is 0 Å². The molecule has 2 aromatic rings. The van der Waals surface area contributed by atoms with E-state index >= 15 is 0 Å². The number of anilines is 1. The van der Waals surface area contributed by atoms with E-state index < -0.39 is 0 Å². The van der Waals surface area contributed by atoms with Crippen LogP contribution in [-0.4, -0.2) is 43.5 Å². The summed E-state index contributed by atoms with van der Waals surface area (Å²) in [5.74, 6) is 0.141. The number of likely N-dealkylation sites (tertiary alicyclic amines) is 1. The van der Waals surface area contributed by atoms with Crippen molar-refractivity contribution in [3.05, 3.63) is 65.7 Å². The number of amides is 1. The molecule has 0 aromatic heterocycles. The van der Waals surface area contributed by atoms with E-state index in [2.05, 4.69) is 53.5 Å². The first-order chi connectivity index (χ1) is 12.7. The number of likely N-dealkylation sites (N-methyl/N-ethyl adjacent to an activating group) is 1. The molecule has 1 atom stereocenters. The third-order valence-corrected chi connectivity index (χ3v) is 5.19. The van der Waals surface area contributed by atoms with Gasteiger partial charge in [0.1, 0.15) is 0 Å². The van der Waals surface area contributed by atoms with Crippen LogP contribution >= 0.6 is 0 Å². The summed E-state index contributed by atoms with van der Waals surface area (Å²) in [5.41, 5.74) is 3.22. The highest BCUT2D eigenvalue weighted by molar-refractivity contribution is 5.94. The summed E-state index contributed by atoms with van der Waals surface area (Å²) in [6, 6.07) is 19.0. The van der Waals surface area contributed by atoms with E-state index in [1.807, 2.05) is 30.1 Å². The monoisotopic (exact) mass is 351 g/mol.